The number of unbranched alkanes of at least 4 members (excludes halogenated alkanes) is 2. The molecule has 0 aliphatic carbocycles. The molecule has 0 radical (unpaired) electrons. The average Bonchev–Trinajstić information content (AvgIpc) is 2.83. The van der Waals surface area contributed by atoms with Crippen LogP contribution < -0.4 is 25.8 Å². The summed E-state index contributed by atoms with van der Waals surface area (Å²) in [7, 11) is 5.08. The number of rotatable bonds is 13. The zero-order valence-corrected chi connectivity index (χ0v) is 22.9. The number of methoxy groups -OCH3 is 2. The van der Waals surface area contributed by atoms with Gasteiger partial charge >= 0.3 is 0 Å². The van der Waals surface area contributed by atoms with E-state index in [2.05, 4.69) is 38.3 Å². The predicted octanol–water partition coefficient (Wildman–Crippen LogP) is 5.51. The SMILES string of the molecule is CCCCCC(CC(=O)Nc1cc(C(N)=O)c(CNC)cc1C(C)(C)C)c1ccc(OC)cc1OC. The molecule has 1 atom stereocenters. The maximum Gasteiger partial charge on any atom is 0.249 e. The van der Waals surface area contributed by atoms with Crippen molar-refractivity contribution in [3.63, 3.8) is 0 Å². The van der Waals surface area contributed by atoms with E-state index in [0.29, 0.717) is 35.7 Å². The van der Waals surface area contributed by atoms with Crippen molar-refractivity contribution in [2.45, 2.75) is 77.7 Å². The molecule has 198 valence electrons. The summed E-state index contributed by atoms with van der Waals surface area (Å²) < 4.78 is 11.0. The summed E-state index contributed by atoms with van der Waals surface area (Å²) in [4.78, 5) is 25.6. The normalized spacial score (nSPS) is 12.2. The van der Waals surface area contributed by atoms with Crippen molar-refractivity contribution in [1.82, 2.24) is 5.32 Å². The second kappa shape index (κ2) is 13.3. The third-order valence-corrected chi connectivity index (χ3v) is 6.43. The third kappa shape index (κ3) is 7.72. The van der Waals surface area contributed by atoms with Gasteiger partial charge in [-0.3, -0.25) is 9.59 Å². The van der Waals surface area contributed by atoms with Gasteiger partial charge in [-0.1, -0.05) is 59.1 Å². The molecule has 36 heavy (non-hydrogen) atoms. The fraction of sp³-hybridized carbons (Fsp3) is 0.517. The van der Waals surface area contributed by atoms with Gasteiger partial charge in [-0.2, -0.15) is 0 Å². The first-order chi connectivity index (χ1) is 17.0. The number of anilines is 1. The van der Waals surface area contributed by atoms with Crippen LogP contribution in [0, 0.1) is 0 Å². The Morgan fingerprint density at radius 3 is 2.33 bits per heavy atom. The van der Waals surface area contributed by atoms with Gasteiger partial charge in [0.05, 0.1) is 14.2 Å². The molecule has 4 N–H and O–H groups in total. The average molecular weight is 498 g/mol. The molecule has 0 saturated carbocycles. The molecular weight excluding hydrogens is 454 g/mol. The molecule has 1 unspecified atom stereocenters. The van der Waals surface area contributed by atoms with Crippen LogP contribution in [0.3, 0.4) is 0 Å². The van der Waals surface area contributed by atoms with E-state index in [1.54, 1.807) is 20.3 Å². The summed E-state index contributed by atoms with van der Waals surface area (Å²) in [6.45, 7) is 8.92. The number of hydrogen-bond donors (Lipinski definition) is 3. The second-order valence-corrected chi connectivity index (χ2v) is 10.3. The molecule has 0 aliphatic heterocycles. The molecular formula is C29H43N3O4. The van der Waals surface area contributed by atoms with Crippen LogP contribution in [0.1, 0.15) is 92.8 Å². The van der Waals surface area contributed by atoms with Gasteiger partial charge < -0.3 is 25.8 Å². The number of benzene rings is 2. The van der Waals surface area contributed by atoms with E-state index < -0.39 is 5.91 Å². The number of carbonyl (C=O) groups is 2. The minimum atomic E-state index is -0.517. The molecule has 2 amide bonds. The van der Waals surface area contributed by atoms with Gasteiger partial charge in [-0.25, -0.2) is 0 Å². The lowest BCUT2D eigenvalue weighted by Gasteiger charge is -2.26. The van der Waals surface area contributed by atoms with Crippen LogP contribution in [0.5, 0.6) is 11.5 Å². The molecule has 0 aliphatic rings. The number of nitrogens with one attached hydrogen (secondary N) is 2. The fourth-order valence-electron chi connectivity index (χ4n) is 4.52. The first kappa shape index (κ1) is 29.2. The molecule has 0 aromatic heterocycles. The van der Waals surface area contributed by atoms with Crippen molar-refractivity contribution in [1.29, 1.82) is 0 Å². The number of primary amides is 1. The maximum absolute atomic E-state index is 13.4. The van der Waals surface area contributed by atoms with E-state index in [1.807, 2.05) is 31.3 Å². The Morgan fingerprint density at radius 2 is 1.78 bits per heavy atom. The zero-order valence-electron chi connectivity index (χ0n) is 22.9. The maximum atomic E-state index is 13.4. The Bertz CT molecular complexity index is 1040. The van der Waals surface area contributed by atoms with Crippen LogP contribution in [0.4, 0.5) is 5.69 Å². The molecule has 2 aromatic carbocycles. The predicted molar refractivity (Wildman–Crippen MR) is 146 cm³/mol. The number of amides is 2. The van der Waals surface area contributed by atoms with E-state index in [9.17, 15) is 9.59 Å². The minimum Gasteiger partial charge on any atom is -0.497 e. The molecule has 0 heterocycles. The topological polar surface area (TPSA) is 103 Å². The summed E-state index contributed by atoms with van der Waals surface area (Å²) >= 11 is 0. The Hall–Kier alpha value is -3.06. The summed E-state index contributed by atoms with van der Waals surface area (Å²) in [5.41, 5.74) is 9.21. The molecule has 0 fully saturated rings. The summed E-state index contributed by atoms with van der Waals surface area (Å²) in [5.74, 6) is 0.775. The van der Waals surface area contributed by atoms with E-state index in [4.69, 9.17) is 15.2 Å². The number of hydrogen-bond acceptors (Lipinski definition) is 5. The smallest absolute Gasteiger partial charge is 0.249 e. The van der Waals surface area contributed by atoms with Gasteiger partial charge in [-0.15, -0.1) is 0 Å². The first-order valence-electron chi connectivity index (χ1n) is 12.7. The molecule has 0 spiro atoms. The van der Waals surface area contributed by atoms with Gasteiger partial charge in [0, 0.05) is 30.3 Å². The lowest BCUT2D eigenvalue weighted by atomic mass is 9.83. The molecule has 7 nitrogen and oxygen atoms in total. The summed E-state index contributed by atoms with van der Waals surface area (Å²) in [5, 5.41) is 6.19. The minimum absolute atomic E-state index is 0.0188. The zero-order chi connectivity index (χ0) is 26.9. The fourth-order valence-corrected chi connectivity index (χ4v) is 4.52. The van der Waals surface area contributed by atoms with Crippen LogP contribution in [0.25, 0.3) is 0 Å². The Kier molecular flexibility index (Phi) is 10.8. The highest BCUT2D eigenvalue weighted by atomic mass is 16.5. The lowest BCUT2D eigenvalue weighted by molar-refractivity contribution is -0.116. The van der Waals surface area contributed by atoms with Crippen LogP contribution >= 0.6 is 0 Å². The molecule has 7 heteroatoms. The monoisotopic (exact) mass is 497 g/mol. The van der Waals surface area contributed by atoms with E-state index in [-0.39, 0.29) is 17.2 Å². The first-order valence-corrected chi connectivity index (χ1v) is 12.7. The standard InChI is InChI=1S/C29H43N3O4/c1-8-9-10-11-19(22-13-12-21(35-6)16-26(22)36-7)15-27(33)32-25-17-23(28(30)34)20(18-31-5)14-24(25)29(2,3)4/h12-14,16-17,19,31H,8-11,15,18H2,1-7H3,(H2,30,34)(H,32,33). The second-order valence-electron chi connectivity index (χ2n) is 10.3. The molecule has 0 saturated heterocycles. The molecule has 2 aromatic rings. The lowest BCUT2D eigenvalue weighted by Crippen LogP contribution is -2.24. The number of carbonyl (C=O) groups excluding carboxylic acids is 2. The highest BCUT2D eigenvalue weighted by molar-refractivity contribution is 5.98. The van der Waals surface area contributed by atoms with Crippen molar-refractivity contribution in [3.05, 3.63) is 52.6 Å². The Morgan fingerprint density at radius 1 is 1.06 bits per heavy atom. The number of ether oxygens (including phenoxy) is 2. The highest BCUT2D eigenvalue weighted by Crippen LogP contribution is 2.37. The van der Waals surface area contributed by atoms with Crippen molar-refractivity contribution >= 4 is 17.5 Å². The largest absolute Gasteiger partial charge is 0.497 e. The van der Waals surface area contributed by atoms with Crippen molar-refractivity contribution < 1.29 is 19.1 Å². The van der Waals surface area contributed by atoms with Gasteiger partial charge in [0.1, 0.15) is 11.5 Å². The van der Waals surface area contributed by atoms with Crippen LogP contribution in [-0.4, -0.2) is 33.1 Å². The number of nitrogens with two attached hydrogens (primary N) is 1. The summed E-state index contributed by atoms with van der Waals surface area (Å²) in [6, 6.07) is 9.43. The van der Waals surface area contributed by atoms with Crippen molar-refractivity contribution in [3.8, 4) is 11.5 Å². The van der Waals surface area contributed by atoms with Crippen LogP contribution in [-0.2, 0) is 16.8 Å². The van der Waals surface area contributed by atoms with Gasteiger partial charge in [0.25, 0.3) is 0 Å². The quantitative estimate of drug-likeness (QED) is 0.317. The van der Waals surface area contributed by atoms with Crippen LogP contribution in [0.2, 0.25) is 0 Å². The third-order valence-electron chi connectivity index (χ3n) is 6.43. The molecule has 0 bridgehead atoms. The summed E-state index contributed by atoms with van der Waals surface area (Å²) in [6.07, 6.45) is 4.37. The van der Waals surface area contributed by atoms with Crippen LogP contribution in [0.15, 0.2) is 30.3 Å². The van der Waals surface area contributed by atoms with Gasteiger partial charge in [0.15, 0.2) is 0 Å². The van der Waals surface area contributed by atoms with Gasteiger partial charge in [-0.05, 0) is 53.6 Å². The van der Waals surface area contributed by atoms with E-state index >= 15 is 0 Å². The Balaban J connectivity index is 2.42. The molecule has 2 rings (SSSR count). The highest BCUT2D eigenvalue weighted by Gasteiger charge is 2.25. The Labute approximate surface area is 216 Å². The van der Waals surface area contributed by atoms with Crippen molar-refractivity contribution in [2.24, 2.45) is 5.73 Å². The van der Waals surface area contributed by atoms with E-state index in [0.717, 1.165) is 42.4 Å². The van der Waals surface area contributed by atoms with Crippen molar-refractivity contribution in [2.75, 3.05) is 26.6 Å². The van der Waals surface area contributed by atoms with E-state index in [1.165, 1.54) is 0 Å². The van der Waals surface area contributed by atoms with Gasteiger partial charge in [0.2, 0.25) is 11.8 Å².